The third-order valence-electron chi connectivity index (χ3n) is 3.68. The quantitative estimate of drug-likeness (QED) is 0.640. The summed E-state index contributed by atoms with van der Waals surface area (Å²) in [4.78, 5) is 35.1. The SMILES string of the molecule is CC(C)(C)C(=O)NCCCC(=O)NC1(C(=O)O)CCSCC1. The van der Waals surface area contributed by atoms with Gasteiger partial charge in [0.2, 0.25) is 11.8 Å². The van der Waals surface area contributed by atoms with Gasteiger partial charge >= 0.3 is 5.97 Å². The van der Waals surface area contributed by atoms with Crippen molar-refractivity contribution in [3.8, 4) is 0 Å². The highest BCUT2D eigenvalue weighted by atomic mass is 32.2. The molecule has 126 valence electrons. The van der Waals surface area contributed by atoms with E-state index in [0.29, 0.717) is 25.8 Å². The molecule has 1 heterocycles. The van der Waals surface area contributed by atoms with Crippen LogP contribution in [0, 0.1) is 5.41 Å². The average Bonchev–Trinajstić information content (AvgIpc) is 2.43. The molecule has 0 atom stereocenters. The van der Waals surface area contributed by atoms with Crippen LogP contribution in [0.15, 0.2) is 0 Å². The molecule has 1 aliphatic rings. The van der Waals surface area contributed by atoms with Gasteiger partial charge in [-0.05, 0) is 30.8 Å². The minimum absolute atomic E-state index is 0.0563. The maximum atomic E-state index is 12.0. The number of carboxylic acids is 1. The van der Waals surface area contributed by atoms with E-state index >= 15 is 0 Å². The van der Waals surface area contributed by atoms with Crippen LogP contribution in [0.3, 0.4) is 0 Å². The van der Waals surface area contributed by atoms with Gasteiger partial charge in [0.25, 0.3) is 0 Å². The number of aliphatic carboxylic acids is 1. The van der Waals surface area contributed by atoms with Crippen molar-refractivity contribution in [2.45, 2.75) is 52.0 Å². The van der Waals surface area contributed by atoms with Crippen molar-refractivity contribution in [1.29, 1.82) is 0 Å². The molecule has 0 aromatic heterocycles. The molecule has 0 aromatic rings. The molecule has 0 radical (unpaired) electrons. The zero-order chi connectivity index (χ0) is 16.8. The fourth-order valence-electron chi connectivity index (χ4n) is 2.16. The normalized spacial score (nSPS) is 17.6. The van der Waals surface area contributed by atoms with Gasteiger partial charge in [0, 0.05) is 18.4 Å². The standard InChI is InChI=1S/C15H26N2O4S/c1-14(2,3)12(19)16-8-4-5-11(18)17-15(13(20)21)6-9-22-10-7-15/h4-10H2,1-3H3,(H,16,19)(H,17,18)(H,20,21). The zero-order valence-electron chi connectivity index (χ0n) is 13.5. The fraction of sp³-hybridized carbons (Fsp3) is 0.800. The summed E-state index contributed by atoms with van der Waals surface area (Å²) in [6, 6.07) is 0. The molecule has 0 saturated carbocycles. The van der Waals surface area contributed by atoms with E-state index in [1.807, 2.05) is 20.8 Å². The van der Waals surface area contributed by atoms with Crippen LogP contribution >= 0.6 is 11.8 Å². The van der Waals surface area contributed by atoms with E-state index in [9.17, 15) is 19.5 Å². The molecule has 1 saturated heterocycles. The van der Waals surface area contributed by atoms with Gasteiger partial charge in [-0.2, -0.15) is 11.8 Å². The Balaban J connectivity index is 2.36. The predicted molar refractivity (Wildman–Crippen MR) is 86.8 cm³/mol. The average molecular weight is 330 g/mol. The molecular formula is C15H26N2O4S. The summed E-state index contributed by atoms with van der Waals surface area (Å²) in [5.74, 6) is 0.211. The molecule has 1 aliphatic heterocycles. The van der Waals surface area contributed by atoms with E-state index in [-0.39, 0.29) is 18.2 Å². The summed E-state index contributed by atoms with van der Waals surface area (Å²) < 4.78 is 0. The Kier molecular flexibility index (Phi) is 6.71. The summed E-state index contributed by atoms with van der Waals surface area (Å²) in [7, 11) is 0. The Labute approximate surface area is 135 Å². The molecular weight excluding hydrogens is 304 g/mol. The van der Waals surface area contributed by atoms with Crippen LogP contribution in [0.2, 0.25) is 0 Å². The molecule has 0 spiro atoms. The van der Waals surface area contributed by atoms with Crippen LogP contribution in [-0.4, -0.2) is 46.5 Å². The second-order valence-corrected chi connectivity index (χ2v) is 7.88. The van der Waals surface area contributed by atoms with Crippen molar-refractivity contribution < 1.29 is 19.5 Å². The molecule has 7 heteroatoms. The van der Waals surface area contributed by atoms with Crippen LogP contribution < -0.4 is 10.6 Å². The summed E-state index contributed by atoms with van der Waals surface area (Å²) in [6.45, 7) is 5.89. The minimum atomic E-state index is -1.11. The molecule has 0 unspecified atom stereocenters. The van der Waals surface area contributed by atoms with E-state index in [4.69, 9.17) is 0 Å². The number of hydrogen-bond donors (Lipinski definition) is 3. The van der Waals surface area contributed by atoms with E-state index in [1.165, 1.54) is 0 Å². The third kappa shape index (κ3) is 5.51. The molecule has 0 aromatic carbocycles. The zero-order valence-corrected chi connectivity index (χ0v) is 14.3. The Morgan fingerprint density at radius 1 is 1.18 bits per heavy atom. The highest BCUT2D eigenvalue weighted by molar-refractivity contribution is 7.99. The molecule has 1 rings (SSSR count). The van der Waals surface area contributed by atoms with E-state index < -0.39 is 16.9 Å². The highest BCUT2D eigenvalue weighted by Crippen LogP contribution is 2.27. The maximum Gasteiger partial charge on any atom is 0.329 e. The number of amides is 2. The molecule has 6 nitrogen and oxygen atoms in total. The largest absolute Gasteiger partial charge is 0.480 e. The second kappa shape index (κ2) is 7.85. The summed E-state index contributed by atoms with van der Waals surface area (Å²) in [5.41, 5.74) is -1.56. The van der Waals surface area contributed by atoms with Crippen molar-refractivity contribution in [2.24, 2.45) is 5.41 Å². The van der Waals surface area contributed by atoms with Gasteiger partial charge in [0.1, 0.15) is 5.54 Å². The summed E-state index contributed by atoms with van der Waals surface area (Å²) in [5, 5.41) is 14.9. The Hall–Kier alpha value is -1.24. The van der Waals surface area contributed by atoms with Gasteiger partial charge in [-0.3, -0.25) is 9.59 Å². The topological polar surface area (TPSA) is 95.5 Å². The van der Waals surface area contributed by atoms with Gasteiger partial charge in [-0.25, -0.2) is 4.79 Å². The highest BCUT2D eigenvalue weighted by Gasteiger charge is 2.41. The summed E-state index contributed by atoms with van der Waals surface area (Å²) >= 11 is 1.71. The van der Waals surface area contributed by atoms with Crippen LogP contribution in [-0.2, 0) is 14.4 Å². The van der Waals surface area contributed by atoms with Crippen LogP contribution in [0.5, 0.6) is 0 Å². The number of nitrogens with one attached hydrogen (secondary N) is 2. The van der Waals surface area contributed by atoms with Crippen LogP contribution in [0.4, 0.5) is 0 Å². The summed E-state index contributed by atoms with van der Waals surface area (Å²) in [6.07, 6.45) is 1.63. The fourth-order valence-corrected chi connectivity index (χ4v) is 3.35. The first-order valence-electron chi connectivity index (χ1n) is 7.58. The van der Waals surface area contributed by atoms with Crippen molar-refractivity contribution >= 4 is 29.5 Å². The van der Waals surface area contributed by atoms with E-state index in [0.717, 1.165) is 11.5 Å². The lowest BCUT2D eigenvalue weighted by Crippen LogP contribution is -2.56. The monoisotopic (exact) mass is 330 g/mol. The first-order chi connectivity index (χ1) is 10.2. The molecule has 2 amide bonds. The first kappa shape index (κ1) is 18.8. The minimum Gasteiger partial charge on any atom is -0.480 e. The Bertz CT molecular complexity index is 426. The first-order valence-corrected chi connectivity index (χ1v) is 8.73. The lowest BCUT2D eigenvalue weighted by molar-refractivity contribution is -0.148. The van der Waals surface area contributed by atoms with Crippen molar-refractivity contribution in [3.05, 3.63) is 0 Å². The number of carbonyl (C=O) groups is 3. The van der Waals surface area contributed by atoms with Gasteiger partial charge < -0.3 is 15.7 Å². The molecule has 22 heavy (non-hydrogen) atoms. The number of thioether (sulfide) groups is 1. The number of carboxylic acid groups (broad SMARTS) is 1. The third-order valence-corrected chi connectivity index (χ3v) is 4.67. The number of hydrogen-bond acceptors (Lipinski definition) is 4. The van der Waals surface area contributed by atoms with Crippen LogP contribution in [0.25, 0.3) is 0 Å². The van der Waals surface area contributed by atoms with Gasteiger partial charge in [-0.1, -0.05) is 20.8 Å². The van der Waals surface area contributed by atoms with Gasteiger partial charge in [0.05, 0.1) is 0 Å². The molecule has 0 aliphatic carbocycles. The number of carbonyl (C=O) groups excluding carboxylic acids is 2. The Morgan fingerprint density at radius 2 is 1.77 bits per heavy atom. The molecule has 0 bridgehead atoms. The smallest absolute Gasteiger partial charge is 0.329 e. The lowest BCUT2D eigenvalue weighted by Gasteiger charge is -2.33. The predicted octanol–water partition coefficient (Wildman–Crippen LogP) is 1.40. The van der Waals surface area contributed by atoms with E-state index in [2.05, 4.69) is 10.6 Å². The van der Waals surface area contributed by atoms with E-state index in [1.54, 1.807) is 11.8 Å². The molecule has 1 fully saturated rings. The van der Waals surface area contributed by atoms with Gasteiger partial charge in [0.15, 0.2) is 0 Å². The second-order valence-electron chi connectivity index (χ2n) is 6.66. The van der Waals surface area contributed by atoms with Crippen molar-refractivity contribution in [1.82, 2.24) is 10.6 Å². The van der Waals surface area contributed by atoms with Crippen molar-refractivity contribution in [2.75, 3.05) is 18.1 Å². The lowest BCUT2D eigenvalue weighted by atomic mass is 9.92. The number of rotatable bonds is 6. The molecule has 3 N–H and O–H groups in total. The van der Waals surface area contributed by atoms with Gasteiger partial charge in [-0.15, -0.1) is 0 Å². The maximum absolute atomic E-state index is 12.0. The Morgan fingerprint density at radius 3 is 2.27 bits per heavy atom. The van der Waals surface area contributed by atoms with Crippen molar-refractivity contribution in [3.63, 3.8) is 0 Å². The van der Waals surface area contributed by atoms with Crippen LogP contribution in [0.1, 0.15) is 46.5 Å².